The number of para-hydroxylation sites is 1. The summed E-state index contributed by atoms with van der Waals surface area (Å²) in [4.78, 5) is 0. The van der Waals surface area contributed by atoms with Crippen molar-refractivity contribution in [1.82, 2.24) is 5.32 Å². The molecule has 1 atom stereocenters. The number of halogens is 1. The molecule has 0 aliphatic carbocycles. The van der Waals surface area contributed by atoms with Gasteiger partial charge in [-0.1, -0.05) is 12.1 Å². The van der Waals surface area contributed by atoms with Crippen molar-refractivity contribution in [3.05, 3.63) is 28.2 Å². The molecule has 0 radical (unpaired) electrons. The van der Waals surface area contributed by atoms with Gasteiger partial charge < -0.3 is 19.9 Å². The first-order valence-corrected chi connectivity index (χ1v) is 6.17. The summed E-state index contributed by atoms with van der Waals surface area (Å²) in [6, 6.07) is 5.58. The van der Waals surface area contributed by atoms with Gasteiger partial charge in [0.25, 0.3) is 0 Å². The molecule has 0 spiro atoms. The number of nitrogens with one attached hydrogen (secondary N) is 1. The number of hydrogen-bond acceptors (Lipinski definition) is 4. The standard InChI is InChI=1S/C12H18BrNO3/c1-16-8-10(17-2)7-14-6-9-4-3-5-11(13)12(9)15/h3-5,10,14-15H,6-8H2,1-2H3. The number of phenolic OH excluding ortho intramolecular Hbond substituents is 1. The maximum absolute atomic E-state index is 9.78. The average Bonchev–Trinajstić information content (AvgIpc) is 2.33. The minimum absolute atomic E-state index is 0.0225. The summed E-state index contributed by atoms with van der Waals surface area (Å²) in [6.07, 6.45) is 0.0225. The molecule has 0 aromatic heterocycles. The average molecular weight is 304 g/mol. The molecule has 1 aromatic rings. The SMILES string of the molecule is COCC(CNCc1cccc(Br)c1O)OC. The third kappa shape index (κ3) is 4.63. The number of methoxy groups -OCH3 is 2. The van der Waals surface area contributed by atoms with Crippen molar-refractivity contribution in [3.63, 3.8) is 0 Å². The lowest BCUT2D eigenvalue weighted by Crippen LogP contribution is -2.31. The summed E-state index contributed by atoms with van der Waals surface area (Å²) in [5.41, 5.74) is 0.853. The molecule has 0 fully saturated rings. The molecule has 96 valence electrons. The minimum Gasteiger partial charge on any atom is -0.506 e. The fraction of sp³-hybridized carbons (Fsp3) is 0.500. The van der Waals surface area contributed by atoms with Crippen molar-refractivity contribution < 1.29 is 14.6 Å². The molecule has 2 N–H and O–H groups in total. The van der Waals surface area contributed by atoms with Gasteiger partial charge in [0, 0.05) is 32.9 Å². The highest BCUT2D eigenvalue weighted by atomic mass is 79.9. The van der Waals surface area contributed by atoms with E-state index in [2.05, 4.69) is 21.2 Å². The predicted octanol–water partition coefficient (Wildman–Crippen LogP) is 1.91. The van der Waals surface area contributed by atoms with Crippen molar-refractivity contribution in [3.8, 4) is 5.75 Å². The Kier molecular flexibility index (Phi) is 6.50. The molecular weight excluding hydrogens is 286 g/mol. The fourth-order valence-corrected chi connectivity index (χ4v) is 1.87. The smallest absolute Gasteiger partial charge is 0.134 e. The van der Waals surface area contributed by atoms with Crippen LogP contribution in [0.4, 0.5) is 0 Å². The molecule has 5 heteroatoms. The van der Waals surface area contributed by atoms with Crippen molar-refractivity contribution in [2.45, 2.75) is 12.6 Å². The van der Waals surface area contributed by atoms with Gasteiger partial charge >= 0.3 is 0 Å². The van der Waals surface area contributed by atoms with Gasteiger partial charge in [0.2, 0.25) is 0 Å². The van der Waals surface area contributed by atoms with Crippen molar-refractivity contribution in [1.29, 1.82) is 0 Å². The molecule has 4 nitrogen and oxygen atoms in total. The lowest BCUT2D eigenvalue weighted by molar-refractivity contribution is 0.0287. The topological polar surface area (TPSA) is 50.7 Å². The summed E-state index contributed by atoms with van der Waals surface area (Å²) in [5.74, 6) is 0.278. The van der Waals surface area contributed by atoms with Crippen LogP contribution in [0.2, 0.25) is 0 Å². The first-order chi connectivity index (χ1) is 8.19. The van der Waals surface area contributed by atoms with Gasteiger partial charge in [-0.2, -0.15) is 0 Å². The van der Waals surface area contributed by atoms with Crippen LogP contribution >= 0.6 is 15.9 Å². The molecule has 1 unspecified atom stereocenters. The zero-order valence-corrected chi connectivity index (χ0v) is 11.7. The molecule has 1 aromatic carbocycles. The summed E-state index contributed by atoms with van der Waals surface area (Å²) in [6.45, 7) is 1.82. The summed E-state index contributed by atoms with van der Waals surface area (Å²) >= 11 is 3.28. The Hall–Kier alpha value is -0.620. The number of aromatic hydroxyl groups is 1. The normalized spacial score (nSPS) is 12.6. The molecule has 0 amide bonds. The van der Waals surface area contributed by atoms with Crippen molar-refractivity contribution in [2.24, 2.45) is 0 Å². The molecule has 0 bridgehead atoms. The Morgan fingerprint density at radius 1 is 1.41 bits per heavy atom. The minimum atomic E-state index is 0.0225. The van der Waals surface area contributed by atoms with Gasteiger partial charge in [0.1, 0.15) is 5.75 Å². The first kappa shape index (κ1) is 14.4. The second-order valence-corrected chi connectivity index (χ2v) is 4.55. The van der Waals surface area contributed by atoms with Gasteiger partial charge in [0.05, 0.1) is 17.2 Å². The Labute approximate surface area is 110 Å². The van der Waals surface area contributed by atoms with E-state index in [0.29, 0.717) is 24.2 Å². The maximum Gasteiger partial charge on any atom is 0.134 e. The summed E-state index contributed by atoms with van der Waals surface area (Å²) in [7, 11) is 3.30. The maximum atomic E-state index is 9.78. The zero-order chi connectivity index (χ0) is 12.7. The quantitative estimate of drug-likeness (QED) is 0.808. The van der Waals surface area contributed by atoms with Crippen LogP contribution in [0, 0.1) is 0 Å². The molecule has 0 heterocycles. The summed E-state index contributed by atoms with van der Waals surface area (Å²) < 4.78 is 10.9. The highest BCUT2D eigenvalue weighted by Crippen LogP contribution is 2.27. The number of hydrogen-bond donors (Lipinski definition) is 2. The molecular formula is C12H18BrNO3. The predicted molar refractivity (Wildman–Crippen MR) is 70.2 cm³/mol. The van der Waals surface area contributed by atoms with Crippen LogP contribution in [0.15, 0.2) is 22.7 Å². The van der Waals surface area contributed by atoms with Crippen LogP contribution in [0.25, 0.3) is 0 Å². The van der Waals surface area contributed by atoms with Crippen LogP contribution in [0.3, 0.4) is 0 Å². The Morgan fingerprint density at radius 2 is 2.18 bits per heavy atom. The van der Waals surface area contributed by atoms with E-state index in [-0.39, 0.29) is 11.9 Å². The molecule has 0 saturated carbocycles. The van der Waals surface area contributed by atoms with Crippen LogP contribution in [-0.2, 0) is 16.0 Å². The van der Waals surface area contributed by atoms with E-state index < -0.39 is 0 Å². The van der Waals surface area contributed by atoms with Crippen LogP contribution in [-0.4, -0.2) is 38.6 Å². The van der Waals surface area contributed by atoms with E-state index in [9.17, 15) is 5.11 Å². The largest absolute Gasteiger partial charge is 0.506 e. The summed E-state index contributed by atoms with van der Waals surface area (Å²) in [5, 5.41) is 13.0. The van der Waals surface area contributed by atoms with E-state index in [1.54, 1.807) is 14.2 Å². The monoisotopic (exact) mass is 303 g/mol. The van der Waals surface area contributed by atoms with Crippen LogP contribution in [0.1, 0.15) is 5.56 Å². The van der Waals surface area contributed by atoms with Crippen molar-refractivity contribution in [2.75, 3.05) is 27.4 Å². The number of benzene rings is 1. The van der Waals surface area contributed by atoms with Crippen molar-refractivity contribution >= 4 is 15.9 Å². The fourth-order valence-electron chi connectivity index (χ4n) is 1.47. The van der Waals surface area contributed by atoms with E-state index in [0.717, 1.165) is 5.56 Å². The van der Waals surface area contributed by atoms with Gasteiger partial charge in [-0.3, -0.25) is 0 Å². The third-order valence-corrected chi connectivity index (χ3v) is 3.08. The zero-order valence-electron chi connectivity index (χ0n) is 10.1. The Morgan fingerprint density at radius 3 is 2.82 bits per heavy atom. The highest BCUT2D eigenvalue weighted by molar-refractivity contribution is 9.10. The van der Waals surface area contributed by atoms with E-state index >= 15 is 0 Å². The van der Waals surface area contributed by atoms with Gasteiger partial charge in [0.15, 0.2) is 0 Å². The number of phenols is 1. The molecule has 0 saturated heterocycles. The van der Waals surface area contributed by atoms with Crippen LogP contribution < -0.4 is 5.32 Å². The van der Waals surface area contributed by atoms with E-state index in [1.807, 2.05) is 18.2 Å². The lowest BCUT2D eigenvalue weighted by Gasteiger charge is -2.15. The van der Waals surface area contributed by atoms with Gasteiger partial charge in [-0.25, -0.2) is 0 Å². The van der Waals surface area contributed by atoms with E-state index in [1.165, 1.54) is 0 Å². The third-order valence-electron chi connectivity index (χ3n) is 2.44. The Balaban J connectivity index is 2.42. The first-order valence-electron chi connectivity index (χ1n) is 5.37. The molecule has 17 heavy (non-hydrogen) atoms. The lowest BCUT2D eigenvalue weighted by atomic mass is 10.2. The van der Waals surface area contributed by atoms with E-state index in [4.69, 9.17) is 9.47 Å². The number of ether oxygens (including phenoxy) is 2. The van der Waals surface area contributed by atoms with Crippen LogP contribution in [0.5, 0.6) is 5.75 Å². The van der Waals surface area contributed by atoms with Gasteiger partial charge in [-0.15, -0.1) is 0 Å². The molecule has 0 aliphatic rings. The highest BCUT2D eigenvalue weighted by Gasteiger charge is 2.08. The molecule has 0 aliphatic heterocycles. The second-order valence-electron chi connectivity index (χ2n) is 3.69. The molecule has 1 rings (SSSR count). The second kappa shape index (κ2) is 7.66. The Bertz CT molecular complexity index is 347. The number of rotatable bonds is 7. The van der Waals surface area contributed by atoms with Gasteiger partial charge in [-0.05, 0) is 22.0 Å².